The number of anilines is 1. The molecule has 0 unspecified atom stereocenters. The molecule has 3 heterocycles. The van der Waals surface area contributed by atoms with E-state index in [0.29, 0.717) is 33.3 Å². The lowest BCUT2D eigenvalue weighted by molar-refractivity contribution is 0.167. The fraction of sp³-hybridized carbons (Fsp3) is 0.167. The molecule has 3 aromatic heterocycles. The monoisotopic (exact) mass is 413 g/mol. The molecule has 0 spiro atoms. The van der Waals surface area contributed by atoms with Crippen LogP contribution >= 0.6 is 11.6 Å². The zero-order chi connectivity index (χ0) is 20.5. The molecule has 0 atom stereocenters. The molecule has 4 aromatic rings. The second-order valence-electron chi connectivity index (χ2n) is 6.09. The summed E-state index contributed by atoms with van der Waals surface area (Å²) in [7, 11) is 0. The number of nitrogens with one attached hydrogen (secondary N) is 2. The fourth-order valence-corrected chi connectivity index (χ4v) is 3.01. The Hall–Kier alpha value is -3.66. The van der Waals surface area contributed by atoms with E-state index < -0.39 is 11.7 Å². The molecular weight excluding hydrogens is 398 g/mol. The van der Waals surface area contributed by atoms with E-state index in [1.54, 1.807) is 44.2 Å². The van der Waals surface area contributed by atoms with Crippen LogP contribution in [0.5, 0.6) is 0 Å². The average Bonchev–Trinajstić information content (AvgIpc) is 3.25. The molecule has 0 aliphatic carbocycles. The van der Waals surface area contributed by atoms with E-state index in [9.17, 15) is 9.59 Å². The smallest absolute Gasteiger partial charge is 0.412 e. The van der Waals surface area contributed by atoms with Crippen molar-refractivity contribution in [1.82, 2.24) is 29.5 Å². The number of benzene rings is 1. The molecule has 1 amide bonds. The van der Waals surface area contributed by atoms with Crippen LogP contribution in [0.4, 0.5) is 10.6 Å². The van der Waals surface area contributed by atoms with Gasteiger partial charge in [0.1, 0.15) is 11.2 Å². The highest BCUT2D eigenvalue weighted by Gasteiger charge is 2.17. The highest BCUT2D eigenvalue weighted by molar-refractivity contribution is 6.30. The molecule has 0 saturated carbocycles. The maximum absolute atomic E-state index is 12.6. The Balaban J connectivity index is 1.85. The first-order valence-electron chi connectivity index (χ1n) is 8.71. The molecule has 148 valence electrons. The Bertz CT molecular complexity index is 1270. The van der Waals surface area contributed by atoms with Crippen LogP contribution in [0.3, 0.4) is 0 Å². The minimum Gasteiger partial charge on any atom is -0.450 e. The van der Waals surface area contributed by atoms with Crippen molar-refractivity contribution in [3.05, 3.63) is 57.6 Å². The second kappa shape index (κ2) is 7.40. The molecule has 2 N–H and O–H groups in total. The lowest BCUT2D eigenvalue weighted by Gasteiger charge is -2.09. The van der Waals surface area contributed by atoms with E-state index >= 15 is 0 Å². The van der Waals surface area contributed by atoms with Crippen molar-refractivity contribution in [2.24, 2.45) is 0 Å². The van der Waals surface area contributed by atoms with Gasteiger partial charge >= 0.3 is 6.09 Å². The summed E-state index contributed by atoms with van der Waals surface area (Å²) in [5.41, 5.74) is 1.19. The van der Waals surface area contributed by atoms with Gasteiger partial charge in [0, 0.05) is 11.1 Å². The summed E-state index contributed by atoms with van der Waals surface area (Å²) in [6, 6.07) is 8.66. The number of aromatic nitrogens is 6. The maximum Gasteiger partial charge on any atom is 0.412 e. The average molecular weight is 414 g/mol. The molecule has 0 bridgehead atoms. The molecule has 4 rings (SSSR count). The molecule has 11 heteroatoms. The summed E-state index contributed by atoms with van der Waals surface area (Å²) in [5.74, 6) is 0.420. The third kappa shape index (κ3) is 3.57. The van der Waals surface area contributed by atoms with Gasteiger partial charge in [-0.25, -0.2) is 9.48 Å². The zero-order valence-electron chi connectivity index (χ0n) is 15.5. The Morgan fingerprint density at radius 2 is 2.14 bits per heavy atom. The number of fused-ring (bicyclic) bond motifs is 1. The SMILES string of the molecule is CCOC(=O)Nc1cc(C)nn1-c1nc2c(cnn2-c2cccc(Cl)c2)c(=O)[nH]1. The van der Waals surface area contributed by atoms with Crippen molar-refractivity contribution in [2.45, 2.75) is 13.8 Å². The molecule has 0 radical (unpaired) electrons. The predicted molar refractivity (Wildman–Crippen MR) is 107 cm³/mol. The number of aryl methyl sites for hydroxylation is 1. The second-order valence-corrected chi connectivity index (χ2v) is 6.53. The number of ether oxygens (including phenoxy) is 1. The number of hydrogen-bond donors (Lipinski definition) is 2. The number of amides is 1. The van der Waals surface area contributed by atoms with E-state index in [0.717, 1.165) is 0 Å². The van der Waals surface area contributed by atoms with Gasteiger partial charge in [-0.2, -0.15) is 19.9 Å². The van der Waals surface area contributed by atoms with E-state index in [1.807, 2.05) is 0 Å². The van der Waals surface area contributed by atoms with Crippen molar-refractivity contribution in [1.29, 1.82) is 0 Å². The molecule has 10 nitrogen and oxygen atoms in total. The van der Waals surface area contributed by atoms with Gasteiger partial charge in [-0.15, -0.1) is 0 Å². The van der Waals surface area contributed by atoms with Gasteiger partial charge in [0.25, 0.3) is 5.56 Å². The van der Waals surface area contributed by atoms with Gasteiger partial charge in [-0.3, -0.25) is 15.1 Å². The van der Waals surface area contributed by atoms with Crippen LogP contribution in [0.15, 0.2) is 41.3 Å². The summed E-state index contributed by atoms with van der Waals surface area (Å²) >= 11 is 6.07. The Morgan fingerprint density at radius 1 is 1.31 bits per heavy atom. The predicted octanol–water partition coefficient (Wildman–Crippen LogP) is 2.82. The minimum atomic E-state index is -0.638. The van der Waals surface area contributed by atoms with Crippen molar-refractivity contribution < 1.29 is 9.53 Å². The maximum atomic E-state index is 12.6. The largest absolute Gasteiger partial charge is 0.450 e. The number of rotatable bonds is 4. The summed E-state index contributed by atoms with van der Waals surface area (Å²) in [4.78, 5) is 31.6. The van der Waals surface area contributed by atoms with Gasteiger partial charge in [-0.1, -0.05) is 17.7 Å². The van der Waals surface area contributed by atoms with Crippen LogP contribution in [0.25, 0.3) is 22.7 Å². The minimum absolute atomic E-state index is 0.117. The number of carbonyl (C=O) groups excluding carboxylic acids is 1. The Kier molecular flexibility index (Phi) is 4.77. The van der Waals surface area contributed by atoms with Crippen molar-refractivity contribution in [3.8, 4) is 11.6 Å². The number of aromatic amines is 1. The summed E-state index contributed by atoms with van der Waals surface area (Å²) < 4.78 is 7.74. The van der Waals surface area contributed by atoms with Gasteiger partial charge in [-0.05, 0) is 32.0 Å². The lowest BCUT2D eigenvalue weighted by atomic mass is 10.3. The first kappa shape index (κ1) is 18.7. The highest BCUT2D eigenvalue weighted by atomic mass is 35.5. The van der Waals surface area contributed by atoms with Crippen LogP contribution in [0.1, 0.15) is 12.6 Å². The molecule has 29 heavy (non-hydrogen) atoms. The van der Waals surface area contributed by atoms with Crippen LogP contribution < -0.4 is 10.9 Å². The number of H-pyrrole nitrogens is 1. The molecule has 0 aliphatic heterocycles. The van der Waals surface area contributed by atoms with Crippen LogP contribution in [-0.2, 0) is 4.74 Å². The lowest BCUT2D eigenvalue weighted by Crippen LogP contribution is -2.19. The van der Waals surface area contributed by atoms with Crippen LogP contribution in [0, 0.1) is 6.92 Å². The van der Waals surface area contributed by atoms with Crippen LogP contribution in [-0.4, -0.2) is 42.2 Å². The van der Waals surface area contributed by atoms with E-state index in [2.05, 4.69) is 25.5 Å². The summed E-state index contributed by atoms with van der Waals surface area (Å²) in [6.07, 6.45) is 0.791. The van der Waals surface area contributed by atoms with Gasteiger partial charge in [0.05, 0.1) is 24.2 Å². The van der Waals surface area contributed by atoms with Gasteiger partial charge in [0.2, 0.25) is 5.95 Å². The number of hydrogen-bond acceptors (Lipinski definition) is 6. The van der Waals surface area contributed by atoms with Crippen molar-refractivity contribution >= 4 is 34.5 Å². The summed E-state index contributed by atoms with van der Waals surface area (Å²) in [5, 5.41) is 12.0. The number of halogens is 1. The van der Waals surface area contributed by atoms with Crippen molar-refractivity contribution in [3.63, 3.8) is 0 Å². The Morgan fingerprint density at radius 3 is 2.90 bits per heavy atom. The van der Waals surface area contributed by atoms with Crippen molar-refractivity contribution in [2.75, 3.05) is 11.9 Å². The molecule has 0 aliphatic rings. The van der Waals surface area contributed by atoms with Crippen LogP contribution in [0.2, 0.25) is 5.02 Å². The topological polar surface area (TPSA) is 120 Å². The number of nitrogens with zero attached hydrogens (tertiary/aromatic N) is 5. The summed E-state index contributed by atoms with van der Waals surface area (Å²) in [6.45, 7) is 3.67. The molecule has 1 aromatic carbocycles. The first-order chi connectivity index (χ1) is 14.0. The standard InChI is InChI=1S/C18H16ClN7O3/c1-3-29-18(28)21-14-7-10(2)24-26(14)17-22-15-13(16(27)23-17)9-20-25(15)12-6-4-5-11(19)8-12/h4-9H,3H2,1-2H3,(H,21,28)(H,22,23,27). The molecule has 0 fully saturated rings. The van der Waals surface area contributed by atoms with E-state index in [-0.39, 0.29) is 12.6 Å². The fourth-order valence-electron chi connectivity index (χ4n) is 2.83. The molecule has 0 saturated heterocycles. The quantitative estimate of drug-likeness (QED) is 0.530. The highest BCUT2D eigenvalue weighted by Crippen LogP contribution is 2.20. The third-order valence-electron chi connectivity index (χ3n) is 4.02. The normalized spacial score (nSPS) is 11.0. The van der Waals surface area contributed by atoms with Gasteiger partial charge in [0.15, 0.2) is 5.65 Å². The van der Waals surface area contributed by atoms with E-state index in [1.165, 1.54) is 15.6 Å². The third-order valence-corrected chi connectivity index (χ3v) is 4.25. The zero-order valence-corrected chi connectivity index (χ0v) is 16.3. The molecular formula is C18H16ClN7O3. The number of carbonyl (C=O) groups is 1. The Labute approximate surface area is 169 Å². The van der Waals surface area contributed by atoms with E-state index in [4.69, 9.17) is 16.3 Å². The van der Waals surface area contributed by atoms with Gasteiger partial charge < -0.3 is 4.74 Å². The first-order valence-corrected chi connectivity index (χ1v) is 9.09.